The molecule has 1 aromatic carbocycles. The van der Waals surface area contributed by atoms with Gasteiger partial charge in [0, 0.05) is 23.4 Å². The number of aryl methyl sites for hydroxylation is 1. The second kappa shape index (κ2) is 10.7. The average Bonchev–Trinajstić information content (AvgIpc) is 3.05. The Morgan fingerprint density at radius 2 is 1.83 bits per heavy atom. The molecule has 0 bridgehead atoms. The number of rotatable bonds is 6. The number of hydrogen-bond donors (Lipinski definition) is 2. The van der Waals surface area contributed by atoms with Crippen LogP contribution in [-0.2, 0) is 16.6 Å². The molecule has 158 valence electrons. The Kier molecular flexibility index (Phi) is 9.98. The van der Waals surface area contributed by atoms with Crippen LogP contribution >= 0.6 is 0 Å². The maximum Gasteiger partial charge on any atom is 0.316 e. The fraction of sp³-hybridized carbons (Fsp3) is 0.294. The number of sulfonamides is 1. The lowest BCUT2D eigenvalue weighted by molar-refractivity contribution is 0.406. The molecule has 2 heterocycles. The molecule has 29 heavy (non-hydrogen) atoms. The summed E-state index contributed by atoms with van der Waals surface area (Å²) in [6.45, 7) is 3.76. The quantitative estimate of drug-likeness (QED) is 0.491. The first kappa shape index (κ1) is 27.0. The number of fused-ring (bicyclic) bond motifs is 1. The zero-order valence-electron chi connectivity index (χ0n) is 16.0. The second-order valence-electron chi connectivity index (χ2n) is 5.80. The van der Waals surface area contributed by atoms with Crippen LogP contribution in [0.4, 0.5) is 0 Å². The smallest absolute Gasteiger partial charge is 0.316 e. The van der Waals surface area contributed by atoms with Crippen molar-refractivity contribution in [3.63, 3.8) is 0 Å². The molecule has 0 fully saturated rings. The summed E-state index contributed by atoms with van der Waals surface area (Å²) in [6, 6.07) is 5.12. The Morgan fingerprint density at radius 3 is 2.45 bits per heavy atom. The summed E-state index contributed by atoms with van der Waals surface area (Å²) in [5.41, 5.74) is 3.40. The fourth-order valence-corrected chi connectivity index (χ4v) is 3.62. The summed E-state index contributed by atoms with van der Waals surface area (Å²) in [7, 11) is -0.709. The predicted octanol–water partition coefficient (Wildman–Crippen LogP) is -0.495. The third kappa shape index (κ3) is 5.56. The number of hydrogen-bond acceptors (Lipinski definition) is 6. The molecule has 0 saturated heterocycles. The highest BCUT2D eigenvalue weighted by atomic mass is 32.2. The van der Waals surface area contributed by atoms with E-state index in [0.717, 1.165) is 11.1 Å². The van der Waals surface area contributed by atoms with E-state index in [4.69, 9.17) is 9.47 Å². The van der Waals surface area contributed by atoms with Gasteiger partial charge < -0.3 is 25.4 Å². The van der Waals surface area contributed by atoms with E-state index in [1.807, 2.05) is 13.8 Å². The third-order valence-electron chi connectivity index (χ3n) is 4.10. The summed E-state index contributed by atoms with van der Waals surface area (Å²) < 4.78 is 38.1. The highest BCUT2D eigenvalue weighted by Gasteiger charge is 2.20. The van der Waals surface area contributed by atoms with Crippen LogP contribution in [0.25, 0.3) is 11.0 Å². The molecule has 0 spiro atoms. The summed E-state index contributed by atoms with van der Waals surface area (Å²) in [5.74, 6) is 1.30. The molecular weight excluding hydrogens is 413 g/mol. The van der Waals surface area contributed by atoms with Gasteiger partial charge in [-0.15, -0.1) is 0 Å². The lowest BCUT2D eigenvalue weighted by Gasteiger charge is -2.12. The van der Waals surface area contributed by atoms with Crippen LogP contribution in [0.15, 0.2) is 29.6 Å². The summed E-state index contributed by atoms with van der Waals surface area (Å²) in [6.07, 6.45) is 1.66. The number of aromatic amines is 1. The van der Waals surface area contributed by atoms with Crippen molar-refractivity contribution in [3.8, 4) is 11.5 Å². The number of nitrogens with zero attached hydrogens (tertiary/aromatic N) is 2. The Morgan fingerprint density at radius 1 is 1.14 bits per heavy atom. The molecule has 12 heteroatoms. The van der Waals surface area contributed by atoms with Gasteiger partial charge >= 0.3 is 23.1 Å². The van der Waals surface area contributed by atoms with Gasteiger partial charge in [0.1, 0.15) is 11.5 Å². The van der Waals surface area contributed by atoms with Crippen LogP contribution in [0, 0.1) is 13.8 Å². The van der Waals surface area contributed by atoms with Crippen molar-refractivity contribution in [2.24, 2.45) is 0 Å². The Bertz CT molecular complexity index is 1070. The SMILES string of the molecule is COc1ccc2[nH]c(S(=O)(=O)NCc3ncc(C)c(OC)c3C)nc2c1.O.O.[MgH2]. The largest absolute Gasteiger partial charge is 0.497 e. The van der Waals surface area contributed by atoms with Gasteiger partial charge in [0.2, 0.25) is 5.16 Å². The van der Waals surface area contributed by atoms with E-state index in [2.05, 4.69) is 19.7 Å². The van der Waals surface area contributed by atoms with E-state index < -0.39 is 10.0 Å². The molecule has 0 atom stereocenters. The first-order chi connectivity index (χ1) is 12.4. The van der Waals surface area contributed by atoms with Crippen molar-refractivity contribution >= 4 is 44.1 Å². The van der Waals surface area contributed by atoms with Crippen LogP contribution < -0.4 is 14.2 Å². The monoisotopic (exact) mass is 438 g/mol. The number of aromatic nitrogens is 3. The highest BCUT2D eigenvalue weighted by Crippen LogP contribution is 2.24. The summed E-state index contributed by atoms with van der Waals surface area (Å²) in [4.78, 5) is 11.2. The van der Waals surface area contributed by atoms with E-state index in [1.165, 1.54) is 7.11 Å². The number of imidazole rings is 1. The van der Waals surface area contributed by atoms with Gasteiger partial charge in [-0.3, -0.25) is 4.98 Å². The first-order valence-corrected chi connectivity index (χ1v) is 9.36. The van der Waals surface area contributed by atoms with Crippen LogP contribution in [0.1, 0.15) is 16.8 Å². The standard InChI is InChI=1S/C17H20N4O4S.Mg.2H2O.2H/c1-10-8-18-15(11(2)16(10)25-4)9-19-26(22,23)17-20-13-6-5-12(24-3)7-14(13)21-17;;;;;/h5-8,19H,9H2,1-4H3,(H,20,21);;2*1H2;;. The molecule has 0 amide bonds. The van der Waals surface area contributed by atoms with Crippen LogP contribution in [0.2, 0.25) is 0 Å². The van der Waals surface area contributed by atoms with Crippen LogP contribution in [0.5, 0.6) is 11.5 Å². The molecule has 3 rings (SSSR count). The molecule has 0 aliphatic rings. The average molecular weight is 439 g/mol. The molecule has 0 aliphatic heterocycles. The molecule has 0 aliphatic carbocycles. The molecule has 10 nitrogen and oxygen atoms in total. The molecule has 3 aromatic rings. The minimum absolute atomic E-state index is 0. The van der Waals surface area contributed by atoms with Gasteiger partial charge in [-0.1, -0.05) is 0 Å². The van der Waals surface area contributed by atoms with E-state index in [0.29, 0.717) is 28.2 Å². The topological polar surface area (TPSA) is 169 Å². The molecule has 6 N–H and O–H groups in total. The Hall–Kier alpha value is -1.96. The predicted molar refractivity (Wildman–Crippen MR) is 113 cm³/mol. The normalized spacial score (nSPS) is 10.5. The van der Waals surface area contributed by atoms with Crippen molar-refractivity contribution in [3.05, 3.63) is 41.2 Å². The van der Waals surface area contributed by atoms with Crippen molar-refractivity contribution in [1.82, 2.24) is 19.7 Å². The van der Waals surface area contributed by atoms with Crippen molar-refractivity contribution in [2.75, 3.05) is 14.2 Å². The number of ether oxygens (including phenoxy) is 2. The van der Waals surface area contributed by atoms with Gasteiger partial charge in [0.25, 0.3) is 10.0 Å². The minimum atomic E-state index is -3.82. The zero-order chi connectivity index (χ0) is 18.9. The van der Waals surface area contributed by atoms with Gasteiger partial charge in [0.05, 0.1) is 37.5 Å². The molecular formula is C17H26MgN4O6S. The van der Waals surface area contributed by atoms with Gasteiger partial charge in [0.15, 0.2) is 0 Å². The molecule has 0 radical (unpaired) electrons. The molecule has 0 saturated carbocycles. The lowest BCUT2D eigenvalue weighted by Crippen LogP contribution is -2.25. The number of benzene rings is 1. The van der Waals surface area contributed by atoms with Gasteiger partial charge in [-0.05, 0) is 26.0 Å². The van der Waals surface area contributed by atoms with E-state index >= 15 is 0 Å². The maximum absolute atomic E-state index is 12.6. The van der Waals surface area contributed by atoms with Crippen LogP contribution in [-0.4, -0.2) is 71.6 Å². The first-order valence-electron chi connectivity index (χ1n) is 7.88. The molecule has 2 aromatic heterocycles. The van der Waals surface area contributed by atoms with Crippen molar-refractivity contribution < 1.29 is 28.8 Å². The number of H-pyrrole nitrogens is 1. The maximum atomic E-state index is 12.6. The lowest BCUT2D eigenvalue weighted by atomic mass is 10.1. The minimum Gasteiger partial charge on any atom is -0.497 e. The van der Waals surface area contributed by atoms with Crippen LogP contribution in [0.3, 0.4) is 0 Å². The van der Waals surface area contributed by atoms with Crippen molar-refractivity contribution in [2.45, 2.75) is 25.5 Å². The summed E-state index contributed by atoms with van der Waals surface area (Å²) in [5, 5.41) is -0.155. The third-order valence-corrected chi connectivity index (χ3v) is 5.33. The van der Waals surface area contributed by atoms with E-state index in [-0.39, 0.29) is 45.7 Å². The van der Waals surface area contributed by atoms with E-state index in [1.54, 1.807) is 31.5 Å². The number of nitrogens with one attached hydrogen (secondary N) is 2. The number of methoxy groups -OCH3 is 2. The molecule has 0 unspecified atom stereocenters. The zero-order valence-corrected chi connectivity index (χ0v) is 16.8. The summed E-state index contributed by atoms with van der Waals surface area (Å²) >= 11 is 0. The fourth-order valence-electron chi connectivity index (χ4n) is 2.70. The van der Waals surface area contributed by atoms with Crippen molar-refractivity contribution in [1.29, 1.82) is 0 Å². The van der Waals surface area contributed by atoms with Gasteiger partial charge in [-0.25, -0.2) is 18.1 Å². The van der Waals surface area contributed by atoms with E-state index in [9.17, 15) is 8.42 Å². The Balaban J connectivity index is 0.00000261. The van der Waals surface area contributed by atoms with Gasteiger partial charge in [-0.2, -0.15) is 0 Å². The Labute approximate surface area is 184 Å². The highest BCUT2D eigenvalue weighted by molar-refractivity contribution is 7.89. The second-order valence-corrected chi connectivity index (χ2v) is 7.48. The number of pyridine rings is 1.